The first-order valence-electron chi connectivity index (χ1n) is 8.52. The first-order valence-corrected chi connectivity index (χ1v) is 9.34. The van der Waals surface area contributed by atoms with E-state index in [2.05, 4.69) is 23.2 Å². The van der Waals surface area contributed by atoms with Crippen molar-refractivity contribution < 1.29 is 13.9 Å². The van der Waals surface area contributed by atoms with Gasteiger partial charge in [-0.2, -0.15) is 4.99 Å². The second kappa shape index (κ2) is 7.42. The Bertz CT molecular complexity index is 1210. The van der Waals surface area contributed by atoms with Gasteiger partial charge in [-0.25, -0.2) is 4.39 Å². The van der Waals surface area contributed by atoms with Crippen molar-refractivity contribution in [3.8, 4) is 0 Å². The van der Waals surface area contributed by atoms with Gasteiger partial charge in [-0.05, 0) is 23.6 Å². The molecular formula is C21H17FN2O2S. The van der Waals surface area contributed by atoms with Crippen LogP contribution in [0.15, 0.2) is 65.7 Å². The molecule has 0 bridgehead atoms. The zero-order valence-corrected chi connectivity index (χ0v) is 15.5. The highest BCUT2D eigenvalue weighted by atomic mass is 32.1. The van der Waals surface area contributed by atoms with E-state index in [4.69, 9.17) is 4.74 Å². The molecule has 1 aromatic heterocycles. The topological polar surface area (TPSA) is 43.6 Å². The molecule has 136 valence electrons. The van der Waals surface area contributed by atoms with Gasteiger partial charge < -0.3 is 9.30 Å². The van der Waals surface area contributed by atoms with Crippen molar-refractivity contribution in [1.82, 2.24) is 4.57 Å². The van der Waals surface area contributed by atoms with Crippen molar-refractivity contribution in [1.29, 1.82) is 0 Å². The fourth-order valence-corrected chi connectivity index (χ4v) is 4.25. The zero-order valence-electron chi connectivity index (χ0n) is 14.7. The number of amides is 1. The number of hydrogen-bond acceptors (Lipinski definition) is 3. The lowest BCUT2D eigenvalue weighted by atomic mass is 10.1. The van der Waals surface area contributed by atoms with E-state index < -0.39 is 11.7 Å². The predicted octanol–water partition coefficient (Wildman–Crippen LogP) is 4.38. The maximum atomic E-state index is 14.0. The van der Waals surface area contributed by atoms with Gasteiger partial charge in [-0.15, -0.1) is 0 Å². The second-order valence-electron chi connectivity index (χ2n) is 6.06. The van der Waals surface area contributed by atoms with Crippen LogP contribution < -0.4 is 4.80 Å². The normalized spacial score (nSPS) is 12.1. The molecule has 0 saturated carbocycles. The summed E-state index contributed by atoms with van der Waals surface area (Å²) in [5.74, 6) is -1.16. The van der Waals surface area contributed by atoms with E-state index in [9.17, 15) is 9.18 Å². The molecular weight excluding hydrogens is 363 g/mol. The van der Waals surface area contributed by atoms with E-state index in [1.807, 2.05) is 22.8 Å². The lowest BCUT2D eigenvalue weighted by Crippen LogP contribution is -2.19. The SMILES string of the molecule is COCCn1c(=NC(=O)c2ccccc2F)sc2c3ccccc3ccc21. The Labute approximate surface area is 159 Å². The van der Waals surface area contributed by atoms with Gasteiger partial charge in [-0.3, -0.25) is 4.79 Å². The van der Waals surface area contributed by atoms with Gasteiger partial charge in [0.25, 0.3) is 5.91 Å². The van der Waals surface area contributed by atoms with Crippen LogP contribution in [0.25, 0.3) is 21.0 Å². The molecule has 1 heterocycles. The molecule has 4 aromatic rings. The highest BCUT2D eigenvalue weighted by Crippen LogP contribution is 2.27. The number of ether oxygens (including phenoxy) is 1. The van der Waals surface area contributed by atoms with Gasteiger partial charge in [0.1, 0.15) is 5.82 Å². The molecule has 1 amide bonds. The summed E-state index contributed by atoms with van der Waals surface area (Å²) in [6.45, 7) is 1.04. The summed E-state index contributed by atoms with van der Waals surface area (Å²) >= 11 is 1.43. The Morgan fingerprint density at radius 1 is 1.11 bits per heavy atom. The molecule has 0 fully saturated rings. The maximum Gasteiger partial charge on any atom is 0.282 e. The number of nitrogens with zero attached hydrogens (tertiary/aromatic N) is 2. The third-order valence-electron chi connectivity index (χ3n) is 4.39. The molecule has 0 atom stereocenters. The van der Waals surface area contributed by atoms with Gasteiger partial charge in [0.2, 0.25) is 0 Å². The molecule has 6 heteroatoms. The van der Waals surface area contributed by atoms with Crippen molar-refractivity contribution in [3.05, 3.63) is 76.8 Å². The van der Waals surface area contributed by atoms with E-state index in [0.717, 1.165) is 21.0 Å². The summed E-state index contributed by atoms with van der Waals surface area (Å²) < 4.78 is 22.2. The summed E-state index contributed by atoms with van der Waals surface area (Å²) in [6, 6.07) is 18.1. The number of carbonyl (C=O) groups excluding carboxylic acids is 1. The highest BCUT2D eigenvalue weighted by Gasteiger charge is 2.13. The molecule has 0 N–H and O–H groups in total. The van der Waals surface area contributed by atoms with Gasteiger partial charge in [0.15, 0.2) is 4.80 Å². The number of carbonyl (C=O) groups is 1. The number of aromatic nitrogens is 1. The molecule has 0 aliphatic carbocycles. The number of benzene rings is 3. The lowest BCUT2D eigenvalue weighted by molar-refractivity contribution is 0.0993. The summed E-state index contributed by atoms with van der Waals surface area (Å²) in [5.41, 5.74) is 0.953. The van der Waals surface area contributed by atoms with Gasteiger partial charge in [0.05, 0.1) is 22.4 Å². The van der Waals surface area contributed by atoms with E-state index in [1.165, 1.54) is 23.5 Å². The first kappa shape index (κ1) is 17.6. The van der Waals surface area contributed by atoms with Crippen LogP contribution in [0.1, 0.15) is 10.4 Å². The standard InChI is InChI=1S/C21H17FN2O2S/c1-26-13-12-24-18-11-10-14-6-2-3-7-15(14)19(18)27-21(24)23-20(25)16-8-4-5-9-17(16)22/h2-11H,12-13H2,1H3. The minimum atomic E-state index is -0.588. The fourth-order valence-electron chi connectivity index (χ4n) is 3.06. The summed E-state index contributed by atoms with van der Waals surface area (Å²) in [5, 5.41) is 2.23. The molecule has 3 aromatic carbocycles. The van der Waals surface area contributed by atoms with E-state index >= 15 is 0 Å². The van der Waals surface area contributed by atoms with Crippen molar-refractivity contribution in [2.75, 3.05) is 13.7 Å². The smallest absolute Gasteiger partial charge is 0.282 e. The summed E-state index contributed by atoms with van der Waals surface area (Å²) in [6.07, 6.45) is 0. The maximum absolute atomic E-state index is 14.0. The Morgan fingerprint density at radius 2 is 1.89 bits per heavy atom. The van der Waals surface area contributed by atoms with Crippen LogP contribution in [0, 0.1) is 5.82 Å². The third kappa shape index (κ3) is 3.29. The molecule has 0 unspecified atom stereocenters. The second-order valence-corrected chi connectivity index (χ2v) is 7.04. The first-order chi connectivity index (χ1) is 13.2. The number of rotatable bonds is 4. The van der Waals surface area contributed by atoms with Crippen molar-refractivity contribution in [2.24, 2.45) is 4.99 Å². The zero-order chi connectivity index (χ0) is 18.8. The van der Waals surface area contributed by atoms with Gasteiger partial charge >= 0.3 is 0 Å². The van der Waals surface area contributed by atoms with E-state index in [1.54, 1.807) is 19.2 Å². The minimum absolute atomic E-state index is 0.0295. The van der Waals surface area contributed by atoms with Crippen molar-refractivity contribution in [3.63, 3.8) is 0 Å². The average Bonchev–Trinajstić information content (AvgIpc) is 3.04. The minimum Gasteiger partial charge on any atom is -0.383 e. The number of thiazole rings is 1. The van der Waals surface area contributed by atoms with Gasteiger partial charge in [0, 0.05) is 19.0 Å². The molecule has 4 nitrogen and oxygen atoms in total. The average molecular weight is 380 g/mol. The summed E-state index contributed by atoms with van der Waals surface area (Å²) in [4.78, 5) is 17.3. The quantitative estimate of drug-likeness (QED) is 0.527. The Morgan fingerprint density at radius 3 is 2.70 bits per heavy atom. The predicted molar refractivity (Wildman–Crippen MR) is 105 cm³/mol. The fraction of sp³-hybridized carbons (Fsp3) is 0.143. The molecule has 0 aliphatic heterocycles. The van der Waals surface area contributed by atoms with Crippen LogP contribution in [0.3, 0.4) is 0 Å². The van der Waals surface area contributed by atoms with Crippen LogP contribution in [0.2, 0.25) is 0 Å². The molecule has 4 rings (SSSR count). The van der Waals surface area contributed by atoms with Crippen LogP contribution in [0.4, 0.5) is 4.39 Å². The lowest BCUT2D eigenvalue weighted by Gasteiger charge is -2.05. The number of fused-ring (bicyclic) bond motifs is 3. The number of hydrogen-bond donors (Lipinski definition) is 0. The van der Waals surface area contributed by atoms with E-state index in [0.29, 0.717) is 18.0 Å². The third-order valence-corrected chi connectivity index (χ3v) is 5.52. The van der Waals surface area contributed by atoms with E-state index in [-0.39, 0.29) is 5.56 Å². The summed E-state index contributed by atoms with van der Waals surface area (Å²) in [7, 11) is 1.63. The van der Waals surface area contributed by atoms with Crippen LogP contribution in [0.5, 0.6) is 0 Å². The molecule has 27 heavy (non-hydrogen) atoms. The Kier molecular flexibility index (Phi) is 4.83. The van der Waals surface area contributed by atoms with Crippen LogP contribution >= 0.6 is 11.3 Å². The highest BCUT2D eigenvalue weighted by molar-refractivity contribution is 7.17. The van der Waals surface area contributed by atoms with Crippen molar-refractivity contribution >= 4 is 38.2 Å². The van der Waals surface area contributed by atoms with Gasteiger partial charge in [-0.1, -0.05) is 53.8 Å². The Hall–Kier alpha value is -2.83. The molecule has 0 aliphatic rings. The van der Waals surface area contributed by atoms with Crippen molar-refractivity contribution in [2.45, 2.75) is 6.54 Å². The van der Waals surface area contributed by atoms with Crippen LogP contribution in [-0.2, 0) is 11.3 Å². The molecule has 0 radical (unpaired) electrons. The Balaban J connectivity index is 1.94. The molecule has 0 saturated heterocycles. The molecule has 0 spiro atoms. The largest absolute Gasteiger partial charge is 0.383 e. The number of methoxy groups -OCH3 is 1. The number of halogens is 1. The van der Waals surface area contributed by atoms with Crippen LogP contribution in [-0.4, -0.2) is 24.2 Å². The monoisotopic (exact) mass is 380 g/mol.